The molecule has 2 fully saturated rings. The molecular weight excluding hydrogens is 280 g/mol. The Labute approximate surface area is 129 Å². The lowest BCUT2D eigenvalue weighted by atomic mass is 9.69. The van der Waals surface area contributed by atoms with E-state index in [2.05, 4.69) is 31.8 Å². The van der Waals surface area contributed by atoms with Crippen molar-refractivity contribution in [3.05, 3.63) is 6.33 Å². The molecule has 1 aliphatic carbocycles. The van der Waals surface area contributed by atoms with Gasteiger partial charge in [-0.25, -0.2) is 4.98 Å². The van der Waals surface area contributed by atoms with E-state index in [0.29, 0.717) is 17.5 Å². The number of nitrogens with one attached hydrogen (secondary N) is 1. The molecule has 7 nitrogen and oxygen atoms in total. The molecule has 22 heavy (non-hydrogen) atoms. The van der Waals surface area contributed by atoms with Crippen LogP contribution in [0.5, 0.6) is 0 Å². The monoisotopic (exact) mass is 302 g/mol. The molecule has 0 aromatic carbocycles. The van der Waals surface area contributed by atoms with Crippen LogP contribution in [0.1, 0.15) is 32.6 Å². The van der Waals surface area contributed by atoms with Gasteiger partial charge in [-0.05, 0) is 25.2 Å². The number of nitrogen functional groups attached to an aromatic ring is 1. The Balaban J connectivity index is 1.71. The first-order valence-electron chi connectivity index (χ1n) is 8.04. The van der Waals surface area contributed by atoms with Crippen molar-refractivity contribution in [1.29, 1.82) is 0 Å². The lowest BCUT2D eigenvalue weighted by molar-refractivity contribution is -0.0597. The summed E-state index contributed by atoms with van der Waals surface area (Å²) in [7, 11) is 0. The topological polar surface area (TPSA) is 104 Å². The van der Waals surface area contributed by atoms with Crippen LogP contribution in [-0.4, -0.2) is 43.7 Å². The minimum atomic E-state index is -0.538. The van der Waals surface area contributed by atoms with E-state index in [4.69, 9.17) is 5.73 Å². The van der Waals surface area contributed by atoms with Crippen molar-refractivity contribution in [3.63, 3.8) is 0 Å². The lowest BCUT2D eigenvalue weighted by Gasteiger charge is -2.40. The van der Waals surface area contributed by atoms with Gasteiger partial charge in [0.15, 0.2) is 11.5 Å². The molecule has 0 unspecified atom stereocenters. The van der Waals surface area contributed by atoms with Crippen LogP contribution in [0.2, 0.25) is 0 Å². The van der Waals surface area contributed by atoms with E-state index in [1.807, 2.05) is 0 Å². The second-order valence-corrected chi connectivity index (χ2v) is 6.63. The molecule has 7 heteroatoms. The fourth-order valence-corrected chi connectivity index (χ4v) is 4.30. The molecule has 1 saturated heterocycles. The van der Waals surface area contributed by atoms with E-state index in [1.165, 1.54) is 6.42 Å². The van der Waals surface area contributed by atoms with Gasteiger partial charge >= 0.3 is 0 Å². The fraction of sp³-hybridized carbons (Fsp3) is 0.667. The first kappa shape index (κ1) is 13.8. The third-order valence-corrected chi connectivity index (χ3v) is 5.51. The second-order valence-electron chi connectivity index (χ2n) is 6.63. The van der Waals surface area contributed by atoms with E-state index >= 15 is 0 Å². The number of aromatic nitrogens is 4. The Morgan fingerprint density at radius 3 is 3.14 bits per heavy atom. The predicted molar refractivity (Wildman–Crippen MR) is 84.4 cm³/mol. The van der Waals surface area contributed by atoms with Crippen LogP contribution in [0.4, 0.5) is 11.8 Å². The van der Waals surface area contributed by atoms with Crippen LogP contribution in [0.3, 0.4) is 0 Å². The maximum absolute atomic E-state index is 10.9. The SMILES string of the molecule is CC[C@]1(O)CCC[C@H]2CN(c3nc(N)nc4nc[nH]c34)C[C@H]21. The summed E-state index contributed by atoms with van der Waals surface area (Å²) < 4.78 is 0. The summed E-state index contributed by atoms with van der Waals surface area (Å²) in [5, 5.41) is 10.9. The van der Waals surface area contributed by atoms with Crippen LogP contribution in [0.25, 0.3) is 11.2 Å². The van der Waals surface area contributed by atoms with Crippen LogP contribution >= 0.6 is 0 Å². The van der Waals surface area contributed by atoms with Crippen LogP contribution in [-0.2, 0) is 0 Å². The lowest BCUT2D eigenvalue weighted by Crippen LogP contribution is -2.44. The summed E-state index contributed by atoms with van der Waals surface area (Å²) in [6.07, 6.45) is 5.62. The van der Waals surface area contributed by atoms with Crippen molar-refractivity contribution < 1.29 is 5.11 Å². The zero-order chi connectivity index (χ0) is 15.3. The van der Waals surface area contributed by atoms with Crippen molar-refractivity contribution in [2.75, 3.05) is 23.7 Å². The molecule has 0 radical (unpaired) electrons. The first-order valence-corrected chi connectivity index (χ1v) is 8.04. The van der Waals surface area contributed by atoms with Gasteiger partial charge in [0.05, 0.1) is 11.9 Å². The summed E-state index contributed by atoms with van der Waals surface area (Å²) in [5.74, 6) is 1.89. The third-order valence-electron chi connectivity index (χ3n) is 5.51. The highest BCUT2D eigenvalue weighted by Crippen LogP contribution is 2.45. The quantitative estimate of drug-likeness (QED) is 0.773. The predicted octanol–water partition coefficient (Wildman–Crippen LogP) is 1.31. The number of anilines is 2. The molecular formula is C15H22N6O. The van der Waals surface area contributed by atoms with E-state index in [0.717, 1.165) is 43.7 Å². The Bertz CT molecular complexity index is 700. The van der Waals surface area contributed by atoms with Crippen LogP contribution < -0.4 is 10.6 Å². The third kappa shape index (κ3) is 1.95. The van der Waals surface area contributed by atoms with Gasteiger partial charge < -0.3 is 20.7 Å². The molecule has 4 rings (SSSR count). The smallest absolute Gasteiger partial charge is 0.224 e. The number of hydrogen-bond donors (Lipinski definition) is 3. The number of aliphatic hydroxyl groups is 1. The average molecular weight is 302 g/mol. The Morgan fingerprint density at radius 1 is 1.45 bits per heavy atom. The summed E-state index contributed by atoms with van der Waals surface area (Å²) in [6, 6.07) is 0. The number of hydrogen-bond acceptors (Lipinski definition) is 6. The van der Waals surface area contributed by atoms with Crippen molar-refractivity contribution in [3.8, 4) is 0 Å². The summed E-state index contributed by atoms with van der Waals surface area (Å²) >= 11 is 0. The Morgan fingerprint density at radius 2 is 2.32 bits per heavy atom. The highest BCUT2D eigenvalue weighted by molar-refractivity contribution is 5.84. The fourth-order valence-electron chi connectivity index (χ4n) is 4.30. The number of fused-ring (bicyclic) bond motifs is 2. The maximum atomic E-state index is 10.9. The number of nitrogens with two attached hydrogens (primary N) is 1. The van der Waals surface area contributed by atoms with Crippen LogP contribution in [0, 0.1) is 11.8 Å². The largest absolute Gasteiger partial charge is 0.390 e. The van der Waals surface area contributed by atoms with E-state index in [-0.39, 0.29) is 5.95 Å². The minimum Gasteiger partial charge on any atom is -0.390 e. The summed E-state index contributed by atoms with van der Waals surface area (Å²) in [4.78, 5) is 18.1. The van der Waals surface area contributed by atoms with Gasteiger partial charge in [0.2, 0.25) is 5.95 Å². The van der Waals surface area contributed by atoms with Crippen molar-refractivity contribution >= 4 is 22.9 Å². The van der Waals surface area contributed by atoms with E-state index < -0.39 is 5.60 Å². The zero-order valence-electron chi connectivity index (χ0n) is 12.8. The number of nitrogens with zero attached hydrogens (tertiary/aromatic N) is 4. The van der Waals surface area contributed by atoms with Crippen molar-refractivity contribution in [1.82, 2.24) is 19.9 Å². The molecule has 2 aromatic heterocycles. The normalized spacial score (nSPS) is 31.6. The van der Waals surface area contributed by atoms with E-state index in [1.54, 1.807) is 6.33 Å². The number of aromatic amines is 1. The molecule has 2 aliphatic rings. The second kappa shape index (κ2) is 4.81. The number of rotatable bonds is 2. The van der Waals surface area contributed by atoms with Gasteiger partial charge in [-0.2, -0.15) is 9.97 Å². The Hall–Kier alpha value is -1.89. The first-order chi connectivity index (χ1) is 10.6. The zero-order valence-corrected chi connectivity index (χ0v) is 12.8. The van der Waals surface area contributed by atoms with Gasteiger partial charge in [0.25, 0.3) is 0 Å². The van der Waals surface area contributed by atoms with Gasteiger partial charge in [0.1, 0.15) is 5.52 Å². The molecule has 3 heterocycles. The molecule has 0 amide bonds. The van der Waals surface area contributed by atoms with Crippen molar-refractivity contribution in [2.24, 2.45) is 11.8 Å². The summed E-state index contributed by atoms with van der Waals surface area (Å²) in [5.41, 5.74) is 6.71. The molecule has 118 valence electrons. The maximum Gasteiger partial charge on any atom is 0.224 e. The van der Waals surface area contributed by atoms with Gasteiger partial charge in [0, 0.05) is 19.0 Å². The molecule has 0 bridgehead atoms. The van der Waals surface area contributed by atoms with E-state index in [9.17, 15) is 5.11 Å². The molecule has 3 atom stereocenters. The van der Waals surface area contributed by atoms with Crippen molar-refractivity contribution in [2.45, 2.75) is 38.2 Å². The van der Waals surface area contributed by atoms with Gasteiger partial charge in [-0.3, -0.25) is 0 Å². The van der Waals surface area contributed by atoms with Crippen LogP contribution in [0.15, 0.2) is 6.33 Å². The molecule has 2 aromatic rings. The van der Waals surface area contributed by atoms with Gasteiger partial charge in [-0.1, -0.05) is 13.3 Å². The van der Waals surface area contributed by atoms with Gasteiger partial charge in [-0.15, -0.1) is 0 Å². The highest BCUT2D eigenvalue weighted by Gasteiger charge is 2.48. The number of H-pyrrole nitrogens is 1. The summed E-state index contributed by atoms with van der Waals surface area (Å²) in [6.45, 7) is 3.82. The Kier molecular flexibility index (Phi) is 3.00. The minimum absolute atomic E-state index is 0.246. The number of imidazole rings is 1. The molecule has 1 aliphatic heterocycles. The average Bonchev–Trinajstić information content (AvgIpc) is 3.13. The standard InChI is InChI=1S/C15H22N6O/c1-2-15(22)5-3-4-9-6-21(7-10(9)15)13-11-12(18-8-17-11)19-14(16)20-13/h8-10,22H,2-7H2,1H3,(H3,16,17,18,19,20)/t9-,10+,15-/m0/s1. The molecule has 1 saturated carbocycles. The highest BCUT2D eigenvalue weighted by atomic mass is 16.3. The molecule has 4 N–H and O–H groups in total. The molecule has 0 spiro atoms.